The van der Waals surface area contributed by atoms with Crippen molar-refractivity contribution in [3.05, 3.63) is 54.1 Å². The van der Waals surface area contributed by atoms with E-state index in [0.717, 1.165) is 30.1 Å². The van der Waals surface area contributed by atoms with Gasteiger partial charge in [-0.3, -0.25) is 0 Å². The zero-order valence-electron chi connectivity index (χ0n) is 16.1. The molecule has 144 valence electrons. The van der Waals surface area contributed by atoms with E-state index in [4.69, 9.17) is 17.0 Å². The van der Waals surface area contributed by atoms with Crippen LogP contribution in [0.15, 0.2) is 48.5 Å². The number of rotatable bonds is 6. The van der Waals surface area contributed by atoms with Gasteiger partial charge in [0.25, 0.3) is 0 Å². The Labute approximate surface area is 167 Å². The van der Waals surface area contributed by atoms with Crippen LogP contribution in [0.5, 0.6) is 5.75 Å². The van der Waals surface area contributed by atoms with Crippen LogP contribution in [0.25, 0.3) is 0 Å². The minimum absolute atomic E-state index is 0.624. The molecule has 2 aromatic carbocycles. The summed E-state index contributed by atoms with van der Waals surface area (Å²) >= 11 is 5.41. The van der Waals surface area contributed by atoms with Crippen molar-refractivity contribution in [2.75, 3.05) is 50.1 Å². The average molecular weight is 386 g/mol. The molecule has 0 aliphatic carbocycles. The summed E-state index contributed by atoms with van der Waals surface area (Å²) in [6, 6.07) is 16.5. The highest BCUT2D eigenvalue weighted by Crippen LogP contribution is 2.18. The van der Waals surface area contributed by atoms with Gasteiger partial charge >= 0.3 is 0 Å². The van der Waals surface area contributed by atoms with Gasteiger partial charge in [0.15, 0.2) is 5.11 Å². The summed E-state index contributed by atoms with van der Waals surface area (Å²) < 4.78 is 5.17. The van der Waals surface area contributed by atoms with Crippen molar-refractivity contribution in [1.29, 1.82) is 0 Å². The normalized spacial score (nSPS) is 14.7. The largest absolute Gasteiger partial charge is 0.497 e. The van der Waals surface area contributed by atoms with E-state index in [2.05, 4.69) is 46.7 Å². The average Bonchev–Trinajstić information content (AvgIpc) is 2.73. The van der Waals surface area contributed by atoms with Crippen LogP contribution in [0.4, 0.5) is 11.4 Å². The molecule has 3 N–H and O–H groups in total. The van der Waals surface area contributed by atoms with Crippen LogP contribution in [0.3, 0.4) is 0 Å². The van der Waals surface area contributed by atoms with Crippen LogP contribution in [0.2, 0.25) is 0 Å². The van der Waals surface area contributed by atoms with E-state index in [0.29, 0.717) is 11.7 Å². The first kappa shape index (κ1) is 19.5. The first-order valence-electron chi connectivity index (χ1n) is 9.54. The second kappa shape index (κ2) is 9.58. The summed E-state index contributed by atoms with van der Waals surface area (Å²) in [5.74, 6) is 0.858. The van der Waals surface area contributed by atoms with E-state index < -0.39 is 0 Å². The lowest BCUT2D eigenvalue weighted by Crippen LogP contribution is -3.14. The number of piperazine rings is 1. The fourth-order valence-electron chi connectivity index (χ4n) is 3.29. The van der Waals surface area contributed by atoms with Crippen LogP contribution in [-0.2, 0) is 6.54 Å². The highest BCUT2D eigenvalue weighted by atomic mass is 32.1. The minimum atomic E-state index is 0.624. The number of anilines is 2. The summed E-state index contributed by atoms with van der Waals surface area (Å²) in [5.41, 5.74) is 3.44. The number of benzene rings is 2. The van der Waals surface area contributed by atoms with E-state index in [1.165, 1.54) is 25.3 Å². The number of nitrogens with one attached hydrogen (secondary N) is 3. The number of hydrogen-bond donors (Lipinski definition) is 3. The molecule has 0 atom stereocenters. The van der Waals surface area contributed by atoms with E-state index in [-0.39, 0.29) is 0 Å². The lowest BCUT2D eigenvalue weighted by molar-refractivity contribution is -0.898. The fourth-order valence-corrected chi connectivity index (χ4v) is 3.48. The Balaban J connectivity index is 1.46. The summed E-state index contributed by atoms with van der Waals surface area (Å²) in [6.07, 6.45) is 0. The number of thiocarbonyl (C=S) groups is 1. The summed E-state index contributed by atoms with van der Waals surface area (Å²) in [4.78, 5) is 4.15. The molecular formula is C21H29N4OS+. The Morgan fingerprint density at radius 3 is 2.33 bits per heavy atom. The number of hydrogen-bond acceptors (Lipinski definition) is 3. The predicted molar refractivity (Wildman–Crippen MR) is 116 cm³/mol. The van der Waals surface area contributed by atoms with Gasteiger partial charge in [-0.1, -0.05) is 12.1 Å². The zero-order valence-corrected chi connectivity index (χ0v) is 16.9. The van der Waals surface area contributed by atoms with Crippen molar-refractivity contribution in [3.63, 3.8) is 0 Å². The second-order valence-electron chi connectivity index (χ2n) is 6.79. The Bertz CT molecular complexity index is 725. The van der Waals surface area contributed by atoms with E-state index >= 15 is 0 Å². The number of nitrogens with zero attached hydrogens (tertiary/aromatic N) is 1. The monoisotopic (exact) mass is 385 g/mol. The molecule has 2 aromatic rings. The van der Waals surface area contributed by atoms with Gasteiger partial charge in [0, 0.05) is 17.9 Å². The first-order chi connectivity index (χ1) is 13.2. The number of methoxy groups -OCH3 is 1. The predicted octanol–water partition coefficient (Wildman–Crippen LogP) is 1.91. The molecule has 1 aliphatic heterocycles. The molecule has 0 aromatic heterocycles. The second-order valence-corrected chi connectivity index (χ2v) is 7.20. The van der Waals surface area contributed by atoms with Crippen molar-refractivity contribution in [2.45, 2.75) is 13.5 Å². The Kier molecular flexibility index (Phi) is 6.90. The van der Waals surface area contributed by atoms with Crippen molar-refractivity contribution >= 4 is 28.7 Å². The van der Waals surface area contributed by atoms with Crippen LogP contribution < -0.4 is 25.2 Å². The van der Waals surface area contributed by atoms with Crippen LogP contribution in [0, 0.1) is 0 Å². The summed E-state index contributed by atoms with van der Waals surface area (Å²) in [6.45, 7) is 8.84. The third-order valence-corrected chi connectivity index (χ3v) is 5.32. The van der Waals surface area contributed by atoms with Gasteiger partial charge in [0.2, 0.25) is 0 Å². The van der Waals surface area contributed by atoms with Crippen LogP contribution in [0.1, 0.15) is 12.5 Å². The lowest BCUT2D eigenvalue weighted by Gasteiger charge is -2.33. The molecule has 0 amide bonds. The van der Waals surface area contributed by atoms with Crippen molar-refractivity contribution in [1.82, 2.24) is 5.32 Å². The van der Waals surface area contributed by atoms with Gasteiger partial charge in [-0.2, -0.15) is 0 Å². The molecule has 6 heteroatoms. The van der Waals surface area contributed by atoms with E-state index in [1.54, 1.807) is 12.0 Å². The Morgan fingerprint density at radius 1 is 1.07 bits per heavy atom. The highest BCUT2D eigenvalue weighted by molar-refractivity contribution is 7.80. The molecule has 5 nitrogen and oxygen atoms in total. The van der Waals surface area contributed by atoms with Crippen molar-refractivity contribution in [2.24, 2.45) is 0 Å². The van der Waals surface area contributed by atoms with Gasteiger partial charge in [-0.05, 0) is 61.1 Å². The van der Waals surface area contributed by atoms with Gasteiger partial charge in [0.05, 0.1) is 39.8 Å². The molecule has 1 saturated heterocycles. The van der Waals surface area contributed by atoms with E-state index in [1.807, 2.05) is 24.3 Å². The van der Waals surface area contributed by atoms with Crippen molar-refractivity contribution in [3.8, 4) is 5.75 Å². The van der Waals surface area contributed by atoms with Crippen molar-refractivity contribution < 1.29 is 9.64 Å². The molecule has 0 radical (unpaired) electrons. The van der Waals surface area contributed by atoms with E-state index in [9.17, 15) is 0 Å². The molecule has 0 bridgehead atoms. The number of ether oxygens (including phenoxy) is 1. The smallest absolute Gasteiger partial charge is 0.171 e. The molecule has 3 rings (SSSR count). The Hall–Kier alpha value is -2.31. The fraction of sp³-hybridized carbons (Fsp3) is 0.381. The molecular weight excluding hydrogens is 356 g/mol. The topological polar surface area (TPSA) is 41.0 Å². The SMILES string of the molecule is CC[NH+]1CCN(c2ccc(NC(=S)NCc3ccc(OC)cc3)cc2)CC1. The lowest BCUT2D eigenvalue weighted by atomic mass is 10.2. The quantitative estimate of drug-likeness (QED) is 0.663. The zero-order chi connectivity index (χ0) is 19.1. The highest BCUT2D eigenvalue weighted by Gasteiger charge is 2.18. The molecule has 0 saturated carbocycles. The molecule has 0 unspecified atom stereocenters. The van der Waals surface area contributed by atoms with Gasteiger partial charge < -0.3 is 25.2 Å². The molecule has 0 spiro atoms. The third kappa shape index (κ3) is 5.58. The molecule has 1 fully saturated rings. The van der Waals surface area contributed by atoms with Gasteiger partial charge in [-0.25, -0.2) is 0 Å². The molecule has 27 heavy (non-hydrogen) atoms. The summed E-state index contributed by atoms with van der Waals surface area (Å²) in [5, 5.41) is 7.12. The van der Waals surface area contributed by atoms with Gasteiger partial charge in [-0.15, -0.1) is 0 Å². The number of quaternary nitrogens is 1. The third-order valence-electron chi connectivity index (χ3n) is 5.07. The molecule has 1 aliphatic rings. The maximum atomic E-state index is 5.41. The van der Waals surface area contributed by atoms with Crippen LogP contribution >= 0.6 is 12.2 Å². The van der Waals surface area contributed by atoms with Crippen LogP contribution in [-0.4, -0.2) is 44.9 Å². The first-order valence-corrected chi connectivity index (χ1v) is 9.95. The maximum Gasteiger partial charge on any atom is 0.171 e. The number of likely N-dealkylation sites (N-methyl/N-ethyl adjacent to an activating group) is 1. The summed E-state index contributed by atoms with van der Waals surface area (Å²) in [7, 11) is 1.67. The maximum absolute atomic E-state index is 5.41. The minimum Gasteiger partial charge on any atom is -0.497 e. The standard InChI is InChI=1S/C21H28N4OS/c1-3-24-12-14-25(15-13-24)19-8-6-18(7-9-19)23-21(27)22-16-17-4-10-20(26-2)11-5-17/h4-11H,3,12-16H2,1-2H3,(H2,22,23,27)/p+1. The van der Waals surface area contributed by atoms with Gasteiger partial charge in [0.1, 0.15) is 5.75 Å². The Morgan fingerprint density at radius 2 is 1.74 bits per heavy atom. The molecule has 1 heterocycles.